The fourth-order valence-corrected chi connectivity index (χ4v) is 4.08. The minimum atomic E-state index is -1.10. The molecule has 0 aliphatic carbocycles. The van der Waals surface area contributed by atoms with E-state index in [4.69, 9.17) is 25.4 Å². The summed E-state index contributed by atoms with van der Waals surface area (Å²) in [4.78, 5) is 12.1. The molecule has 0 spiro atoms. The maximum atomic E-state index is 12.1. The van der Waals surface area contributed by atoms with Gasteiger partial charge in [-0.25, -0.2) is 4.79 Å². The van der Waals surface area contributed by atoms with Gasteiger partial charge in [0.25, 0.3) is 0 Å². The number of carboxylic acid groups (broad SMARTS) is 1. The SMILES string of the molecule is C#CCOc1ccc(/C=C(\Sc2nnc(-c3cc(OC)cc(OC)c3)n2CC)C(=O)O)cc1OC. The van der Waals surface area contributed by atoms with Gasteiger partial charge >= 0.3 is 5.97 Å². The number of carboxylic acids is 1. The lowest BCUT2D eigenvalue weighted by molar-refractivity contribution is -0.131. The van der Waals surface area contributed by atoms with Crippen molar-refractivity contribution >= 4 is 23.8 Å². The van der Waals surface area contributed by atoms with Gasteiger partial charge in [0.15, 0.2) is 22.5 Å². The van der Waals surface area contributed by atoms with Gasteiger partial charge in [0.1, 0.15) is 23.0 Å². The Morgan fingerprint density at radius 2 is 1.80 bits per heavy atom. The molecule has 0 bridgehead atoms. The third-order valence-corrected chi connectivity index (χ3v) is 5.85. The van der Waals surface area contributed by atoms with Gasteiger partial charge in [0.05, 0.1) is 21.3 Å². The Hall–Kier alpha value is -4.10. The fraction of sp³-hybridized carbons (Fsp3) is 0.240. The van der Waals surface area contributed by atoms with Crippen molar-refractivity contribution in [1.82, 2.24) is 14.8 Å². The number of hydrogen-bond acceptors (Lipinski definition) is 8. The quantitative estimate of drug-likeness (QED) is 0.238. The van der Waals surface area contributed by atoms with E-state index < -0.39 is 5.97 Å². The lowest BCUT2D eigenvalue weighted by Crippen LogP contribution is -2.03. The van der Waals surface area contributed by atoms with Crippen LogP contribution in [0.1, 0.15) is 12.5 Å². The maximum absolute atomic E-state index is 12.1. The van der Waals surface area contributed by atoms with E-state index in [0.717, 1.165) is 17.3 Å². The van der Waals surface area contributed by atoms with Crippen molar-refractivity contribution in [2.45, 2.75) is 18.6 Å². The number of rotatable bonds is 11. The molecule has 1 N–H and O–H groups in total. The van der Waals surface area contributed by atoms with E-state index in [2.05, 4.69) is 16.1 Å². The molecule has 10 heteroatoms. The van der Waals surface area contributed by atoms with Crippen molar-refractivity contribution in [3.8, 4) is 46.7 Å². The second-order valence-electron chi connectivity index (χ2n) is 6.97. The Kier molecular flexibility index (Phi) is 8.64. The predicted molar refractivity (Wildman–Crippen MR) is 133 cm³/mol. The number of hydrogen-bond donors (Lipinski definition) is 1. The summed E-state index contributed by atoms with van der Waals surface area (Å²) in [5.74, 6) is 3.98. The number of carbonyl (C=O) groups is 1. The van der Waals surface area contributed by atoms with Crippen LogP contribution in [0.25, 0.3) is 17.5 Å². The Labute approximate surface area is 207 Å². The van der Waals surface area contributed by atoms with Crippen LogP contribution >= 0.6 is 11.8 Å². The van der Waals surface area contributed by atoms with Crippen molar-refractivity contribution in [2.24, 2.45) is 0 Å². The first-order chi connectivity index (χ1) is 16.9. The summed E-state index contributed by atoms with van der Waals surface area (Å²) in [6.07, 6.45) is 6.77. The number of terminal acetylenes is 1. The van der Waals surface area contributed by atoms with Gasteiger partial charge < -0.3 is 28.6 Å². The molecule has 0 aliphatic heterocycles. The zero-order chi connectivity index (χ0) is 25.4. The average molecular weight is 496 g/mol. The standard InChI is InChI=1S/C25H25N3O6S/c1-6-10-34-20-9-8-16(11-21(20)33-5)12-22(24(29)30)35-25-27-26-23(28(25)7-2)17-13-18(31-3)15-19(14-17)32-4/h1,8-9,11-15H,7,10H2,2-5H3,(H,29,30)/b22-12-. The molecule has 0 atom stereocenters. The minimum absolute atomic E-state index is 0.0567. The average Bonchev–Trinajstić information content (AvgIpc) is 3.29. The molecule has 35 heavy (non-hydrogen) atoms. The molecule has 2 aromatic carbocycles. The largest absolute Gasteiger partial charge is 0.497 e. The Bertz CT molecular complexity index is 1260. The molecule has 0 radical (unpaired) electrons. The normalized spacial score (nSPS) is 11.0. The first-order valence-corrected chi connectivity index (χ1v) is 11.3. The van der Waals surface area contributed by atoms with E-state index in [1.54, 1.807) is 38.5 Å². The summed E-state index contributed by atoms with van der Waals surface area (Å²) in [6, 6.07) is 10.5. The number of ether oxygens (including phenoxy) is 4. The van der Waals surface area contributed by atoms with Crippen LogP contribution in [0.3, 0.4) is 0 Å². The topological polar surface area (TPSA) is 105 Å². The molecule has 0 saturated heterocycles. The van der Waals surface area contributed by atoms with Gasteiger partial charge in [-0.2, -0.15) is 0 Å². The highest BCUT2D eigenvalue weighted by Gasteiger charge is 2.19. The molecule has 0 unspecified atom stereocenters. The van der Waals surface area contributed by atoms with Gasteiger partial charge in [0.2, 0.25) is 0 Å². The molecule has 9 nitrogen and oxygen atoms in total. The van der Waals surface area contributed by atoms with Crippen LogP contribution < -0.4 is 18.9 Å². The van der Waals surface area contributed by atoms with Crippen LogP contribution in [0.15, 0.2) is 46.5 Å². The second-order valence-corrected chi connectivity index (χ2v) is 7.98. The number of nitrogens with zero attached hydrogens (tertiary/aromatic N) is 3. The zero-order valence-electron chi connectivity index (χ0n) is 19.8. The summed E-state index contributed by atoms with van der Waals surface area (Å²) in [6.45, 7) is 2.54. The molecule has 182 valence electrons. The maximum Gasteiger partial charge on any atom is 0.342 e. The van der Waals surface area contributed by atoms with Gasteiger partial charge in [-0.05, 0) is 54.6 Å². The van der Waals surface area contributed by atoms with Crippen LogP contribution in [-0.2, 0) is 11.3 Å². The number of methoxy groups -OCH3 is 3. The van der Waals surface area contributed by atoms with Crippen molar-refractivity contribution in [1.29, 1.82) is 0 Å². The van der Waals surface area contributed by atoms with Crippen molar-refractivity contribution < 1.29 is 28.8 Å². The summed E-state index contributed by atoms with van der Waals surface area (Å²) in [5.41, 5.74) is 1.34. The number of benzene rings is 2. The molecule has 3 aromatic rings. The summed E-state index contributed by atoms with van der Waals surface area (Å²) in [7, 11) is 4.63. The number of aromatic nitrogens is 3. The highest BCUT2D eigenvalue weighted by Crippen LogP contribution is 2.34. The second kappa shape index (κ2) is 11.9. The Morgan fingerprint density at radius 1 is 1.09 bits per heavy atom. The predicted octanol–water partition coefficient (Wildman–Crippen LogP) is 4.22. The lowest BCUT2D eigenvalue weighted by Gasteiger charge is -2.11. The van der Waals surface area contributed by atoms with Gasteiger partial charge in [-0.3, -0.25) is 0 Å². The van der Waals surface area contributed by atoms with Crippen LogP contribution in [0.5, 0.6) is 23.0 Å². The van der Waals surface area contributed by atoms with E-state index in [9.17, 15) is 9.90 Å². The van der Waals surface area contributed by atoms with E-state index >= 15 is 0 Å². The van der Waals surface area contributed by atoms with Gasteiger partial charge in [-0.1, -0.05) is 12.0 Å². The van der Waals surface area contributed by atoms with E-state index in [0.29, 0.717) is 46.1 Å². The fourth-order valence-electron chi connectivity index (χ4n) is 3.20. The highest BCUT2D eigenvalue weighted by atomic mass is 32.2. The third kappa shape index (κ3) is 6.07. The Balaban J connectivity index is 1.96. The summed E-state index contributed by atoms with van der Waals surface area (Å²) in [5, 5.41) is 18.8. The first-order valence-electron chi connectivity index (χ1n) is 10.5. The Morgan fingerprint density at radius 3 is 2.37 bits per heavy atom. The van der Waals surface area contributed by atoms with Gasteiger partial charge in [0, 0.05) is 18.2 Å². The van der Waals surface area contributed by atoms with Crippen molar-refractivity contribution in [3.63, 3.8) is 0 Å². The molecular formula is C25H25N3O6S. The molecule has 1 aromatic heterocycles. The minimum Gasteiger partial charge on any atom is -0.497 e. The molecule has 0 saturated carbocycles. The lowest BCUT2D eigenvalue weighted by atomic mass is 10.2. The molecular weight excluding hydrogens is 470 g/mol. The van der Waals surface area contributed by atoms with Crippen molar-refractivity contribution in [2.75, 3.05) is 27.9 Å². The highest BCUT2D eigenvalue weighted by molar-refractivity contribution is 8.04. The van der Waals surface area contributed by atoms with Crippen molar-refractivity contribution in [3.05, 3.63) is 46.9 Å². The van der Waals surface area contributed by atoms with Crippen LogP contribution in [-0.4, -0.2) is 53.8 Å². The molecule has 0 fully saturated rings. The van der Waals surface area contributed by atoms with E-state index in [-0.39, 0.29) is 11.5 Å². The smallest absolute Gasteiger partial charge is 0.342 e. The number of thioether (sulfide) groups is 1. The molecule has 0 amide bonds. The van der Waals surface area contributed by atoms with Crippen LogP contribution in [0.4, 0.5) is 0 Å². The monoisotopic (exact) mass is 495 g/mol. The summed E-state index contributed by atoms with van der Waals surface area (Å²) < 4.78 is 23.3. The third-order valence-electron chi connectivity index (χ3n) is 4.85. The first kappa shape index (κ1) is 25.5. The zero-order valence-corrected chi connectivity index (χ0v) is 20.6. The number of aliphatic carboxylic acids is 1. The van der Waals surface area contributed by atoms with E-state index in [1.807, 2.05) is 23.6 Å². The van der Waals surface area contributed by atoms with Crippen LogP contribution in [0, 0.1) is 12.3 Å². The van der Waals surface area contributed by atoms with Crippen LogP contribution in [0.2, 0.25) is 0 Å². The van der Waals surface area contributed by atoms with Gasteiger partial charge in [-0.15, -0.1) is 16.6 Å². The molecule has 3 rings (SSSR count). The summed E-state index contributed by atoms with van der Waals surface area (Å²) >= 11 is 1.000. The van der Waals surface area contributed by atoms with E-state index in [1.165, 1.54) is 13.2 Å². The molecule has 0 aliphatic rings. The molecule has 1 heterocycles.